The van der Waals surface area contributed by atoms with Gasteiger partial charge in [0.1, 0.15) is 0 Å². The van der Waals surface area contributed by atoms with E-state index in [2.05, 4.69) is 131 Å². The van der Waals surface area contributed by atoms with Crippen LogP contribution >= 0.6 is 0 Å². The van der Waals surface area contributed by atoms with Gasteiger partial charge in [0.2, 0.25) is 0 Å². The summed E-state index contributed by atoms with van der Waals surface area (Å²) in [5, 5.41) is 0. The van der Waals surface area contributed by atoms with E-state index in [0.29, 0.717) is 3.63 Å². The monoisotopic (exact) mass is 560 g/mol. The van der Waals surface area contributed by atoms with Crippen LogP contribution in [-0.2, 0) is 31.2 Å². The molecule has 0 heterocycles. The molecule has 0 radical (unpaired) electrons. The van der Waals surface area contributed by atoms with E-state index in [1.165, 1.54) is 22.3 Å². The molecule has 2 heteroatoms. The summed E-state index contributed by atoms with van der Waals surface area (Å²) in [5.74, 6) is 0. The Hall–Kier alpha value is -0.980. The van der Waals surface area contributed by atoms with E-state index < -0.39 is 20.4 Å². The molecule has 0 N–H and O–H groups in total. The van der Waals surface area contributed by atoms with E-state index in [1.54, 1.807) is 22.3 Å². The molecule has 186 valence electrons. The summed E-state index contributed by atoms with van der Waals surface area (Å²) in [7, 11) is 0. The number of hydrogen-bond acceptors (Lipinski definition) is 0. The first kappa shape index (κ1) is 27.1. The molecule has 0 fully saturated rings. The molecule has 1 atom stereocenters. The van der Waals surface area contributed by atoms with Crippen LogP contribution in [0.4, 0.5) is 0 Å². The van der Waals surface area contributed by atoms with Crippen molar-refractivity contribution in [3.8, 4) is 11.1 Å². The normalized spacial score (nSPS) is 18.2. The van der Waals surface area contributed by atoms with Crippen molar-refractivity contribution in [2.24, 2.45) is 5.41 Å². The Kier molecular flexibility index (Phi) is 7.03. The van der Waals surface area contributed by atoms with Crippen LogP contribution in [0.1, 0.15) is 95.1 Å². The predicted octanol–water partition coefficient (Wildman–Crippen LogP) is 9.94. The molecule has 1 unspecified atom stereocenters. The van der Waals surface area contributed by atoms with Crippen LogP contribution in [0.2, 0.25) is 16.7 Å². The predicted molar refractivity (Wildman–Crippen MR) is 154 cm³/mol. The average molecular weight is 562 g/mol. The molecular formula is C33H46SiZr. The van der Waals surface area contributed by atoms with E-state index in [1.807, 2.05) is 0 Å². The van der Waals surface area contributed by atoms with Crippen molar-refractivity contribution in [3.05, 3.63) is 82.0 Å². The second-order valence-electron chi connectivity index (χ2n) is 14.2. The molecule has 0 bridgehead atoms. The standard InChI is InChI=1S/C21H25.C10H15.C2H6Si.Zr/c1-20(2,3)16-9-7-14-11-15-8-10-17(21(4,5)6)13-19(15)18(14)12-16;1-8-5-6-9(7-8)10(2,3)4;1-3-2;/h7-13H,1-6H3;5-7H,1-4H3;1-2H3;. The van der Waals surface area contributed by atoms with Crippen LogP contribution in [0.3, 0.4) is 0 Å². The third-order valence-corrected chi connectivity index (χ3v) is 27.5. The first-order chi connectivity index (χ1) is 16.0. The van der Waals surface area contributed by atoms with Gasteiger partial charge in [0.25, 0.3) is 0 Å². The third kappa shape index (κ3) is 5.09. The zero-order valence-electron chi connectivity index (χ0n) is 24.3. The second-order valence-corrected chi connectivity index (χ2v) is 32.2. The van der Waals surface area contributed by atoms with E-state index in [0.717, 1.165) is 3.63 Å². The number of allylic oxidation sites excluding steroid dienone is 4. The van der Waals surface area contributed by atoms with Gasteiger partial charge >= 0.3 is 225 Å². The van der Waals surface area contributed by atoms with Crippen molar-refractivity contribution in [1.29, 1.82) is 0 Å². The Balaban J connectivity index is 1.97. The first-order valence-electron chi connectivity index (χ1n) is 13.4. The van der Waals surface area contributed by atoms with Crippen molar-refractivity contribution < 1.29 is 20.4 Å². The molecule has 2 aromatic rings. The van der Waals surface area contributed by atoms with Crippen LogP contribution in [0.5, 0.6) is 0 Å². The molecule has 4 rings (SSSR count). The SMILES string of the molecule is CC1=CC(C(C)(C)C)=C[CH]1[Zr]([CH]1c2ccc(C(C)(C)C)cc2-c2cc(C(C)(C)C)ccc21)=[Si](C)C. The van der Waals surface area contributed by atoms with Crippen molar-refractivity contribution in [3.63, 3.8) is 0 Å². The van der Waals surface area contributed by atoms with Gasteiger partial charge in [-0.3, -0.25) is 0 Å². The average Bonchev–Trinajstić information content (AvgIpc) is 3.25. The van der Waals surface area contributed by atoms with E-state index in [4.69, 9.17) is 0 Å². The van der Waals surface area contributed by atoms with Gasteiger partial charge in [0.05, 0.1) is 0 Å². The van der Waals surface area contributed by atoms with Gasteiger partial charge in [-0.25, -0.2) is 0 Å². The van der Waals surface area contributed by atoms with Gasteiger partial charge in [0, 0.05) is 0 Å². The summed E-state index contributed by atoms with van der Waals surface area (Å²) in [5.41, 5.74) is 12.6. The summed E-state index contributed by atoms with van der Waals surface area (Å²) in [6.07, 6.45) is 5.25. The first-order valence-corrected chi connectivity index (χ1v) is 22.4. The summed E-state index contributed by atoms with van der Waals surface area (Å²) in [4.78, 5) is 0. The molecule has 35 heavy (non-hydrogen) atoms. The number of rotatable bonds is 2. The zero-order valence-corrected chi connectivity index (χ0v) is 27.7. The Morgan fingerprint density at radius 1 is 0.686 bits per heavy atom. The quantitative estimate of drug-likeness (QED) is 0.320. The van der Waals surface area contributed by atoms with Crippen LogP contribution in [0, 0.1) is 5.41 Å². The third-order valence-electron chi connectivity index (χ3n) is 8.06. The maximum absolute atomic E-state index is 2.71. The van der Waals surface area contributed by atoms with Crippen LogP contribution in [-0.4, -0.2) is 5.43 Å². The fourth-order valence-electron chi connectivity index (χ4n) is 5.79. The summed E-state index contributed by atoms with van der Waals surface area (Å²) < 4.78 is 1.39. The van der Waals surface area contributed by atoms with Crippen molar-refractivity contribution in [1.82, 2.24) is 0 Å². The van der Waals surface area contributed by atoms with Gasteiger partial charge in [0.15, 0.2) is 0 Å². The van der Waals surface area contributed by atoms with Crippen LogP contribution in [0.15, 0.2) is 59.7 Å². The number of hydrogen-bond donors (Lipinski definition) is 0. The molecule has 2 aromatic carbocycles. The molecule has 0 nitrogen and oxygen atoms in total. The van der Waals surface area contributed by atoms with Gasteiger partial charge < -0.3 is 0 Å². The van der Waals surface area contributed by atoms with Crippen molar-refractivity contribution in [2.45, 2.75) is 100 Å². The Bertz CT molecular complexity index is 1200. The summed E-state index contributed by atoms with van der Waals surface area (Å²) in [6.45, 7) is 28.9. The molecule has 0 saturated carbocycles. The molecule has 2 aliphatic rings. The number of benzene rings is 2. The van der Waals surface area contributed by atoms with Crippen molar-refractivity contribution in [2.75, 3.05) is 0 Å². The number of fused-ring (bicyclic) bond motifs is 3. The van der Waals surface area contributed by atoms with Crippen molar-refractivity contribution >= 4 is 5.43 Å². The van der Waals surface area contributed by atoms with E-state index in [9.17, 15) is 0 Å². The van der Waals surface area contributed by atoms with Gasteiger partial charge in [-0.2, -0.15) is 0 Å². The second kappa shape index (κ2) is 9.09. The van der Waals surface area contributed by atoms with Gasteiger partial charge in [-0.05, 0) is 0 Å². The van der Waals surface area contributed by atoms with E-state index in [-0.39, 0.29) is 21.7 Å². The molecule has 0 spiro atoms. The molecule has 0 amide bonds. The Labute approximate surface area is 223 Å². The van der Waals surface area contributed by atoms with E-state index >= 15 is 0 Å². The zero-order chi connectivity index (χ0) is 26.1. The molecule has 2 aliphatic carbocycles. The van der Waals surface area contributed by atoms with Crippen LogP contribution < -0.4 is 0 Å². The molecule has 0 saturated heterocycles. The molecule has 0 aliphatic heterocycles. The topological polar surface area (TPSA) is 0 Å². The minimum atomic E-state index is -1.98. The molecular weight excluding hydrogens is 516 g/mol. The Morgan fingerprint density at radius 2 is 1.14 bits per heavy atom. The summed E-state index contributed by atoms with van der Waals surface area (Å²) in [6, 6.07) is 15.0. The fourth-order valence-corrected chi connectivity index (χ4v) is 25.6. The Morgan fingerprint density at radius 3 is 1.49 bits per heavy atom. The van der Waals surface area contributed by atoms with Crippen LogP contribution in [0.25, 0.3) is 11.1 Å². The minimum absolute atomic E-state index is 0.163. The maximum atomic E-state index is 2.71. The fraction of sp³-hybridized carbons (Fsp3) is 0.515. The van der Waals surface area contributed by atoms with Gasteiger partial charge in [-0.15, -0.1) is 0 Å². The molecule has 0 aromatic heterocycles. The van der Waals surface area contributed by atoms with Gasteiger partial charge in [-0.1, -0.05) is 0 Å². The summed E-state index contributed by atoms with van der Waals surface area (Å²) >= 11 is -1.98.